The van der Waals surface area contributed by atoms with Gasteiger partial charge in [-0.2, -0.15) is 0 Å². The van der Waals surface area contributed by atoms with Gasteiger partial charge in [0.1, 0.15) is 5.75 Å². The number of amides is 1. The van der Waals surface area contributed by atoms with E-state index in [2.05, 4.69) is 24.0 Å². The standard InChI is InChI=1S/C17H18N2O2/c1-10-3-6-15(20)19-8-7-12-13-9-11(21-2)4-5-14(13)18-16(12)17(10)19/h4-5,9,18H,3,6-8H2,1-2H3. The van der Waals surface area contributed by atoms with Crippen LogP contribution in [0.4, 0.5) is 0 Å². The molecule has 108 valence electrons. The molecule has 4 rings (SSSR count). The Labute approximate surface area is 123 Å². The van der Waals surface area contributed by atoms with Gasteiger partial charge in [0.15, 0.2) is 0 Å². The maximum Gasteiger partial charge on any atom is 0.227 e. The van der Waals surface area contributed by atoms with Crippen molar-refractivity contribution in [1.29, 1.82) is 0 Å². The van der Waals surface area contributed by atoms with E-state index in [0.29, 0.717) is 6.42 Å². The average molecular weight is 282 g/mol. The van der Waals surface area contributed by atoms with Gasteiger partial charge in [-0.1, -0.05) is 0 Å². The molecule has 2 aliphatic rings. The molecular weight excluding hydrogens is 264 g/mol. The van der Waals surface area contributed by atoms with Crippen LogP contribution in [0, 0.1) is 0 Å². The summed E-state index contributed by atoms with van der Waals surface area (Å²) < 4.78 is 5.34. The Morgan fingerprint density at radius 1 is 1.24 bits per heavy atom. The van der Waals surface area contributed by atoms with Crippen molar-refractivity contribution in [3.63, 3.8) is 0 Å². The maximum absolute atomic E-state index is 12.2. The van der Waals surface area contributed by atoms with Gasteiger partial charge in [0, 0.05) is 23.9 Å². The first kappa shape index (κ1) is 12.5. The number of aromatic nitrogens is 1. The molecule has 1 N–H and O–H groups in total. The van der Waals surface area contributed by atoms with Crippen LogP contribution in [0.1, 0.15) is 31.0 Å². The number of hydrogen-bond donors (Lipinski definition) is 1. The van der Waals surface area contributed by atoms with E-state index in [-0.39, 0.29) is 5.91 Å². The van der Waals surface area contributed by atoms with Crippen LogP contribution in [-0.4, -0.2) is 29.4 Å². The topological polar surface area (TPSA) is 45.3 Å². The molecule has 1 aromatic carbocycles. The van der Waals surface area contributed by atoms with E-state index in [9.17, 15) is 4.79 Å². The SMILES string of the molecule is COc1ccc2[nH]c3c(c2c1)CCN1C(=O)CCC(C)=C31. The number of allylic oxidation sites excluding steroid dienone is 1. The summed E-state index contributed by atoms with van der Waals surface area (Å²) in [4.78, 5) is 17.6. The van der Waals surface area contributed by atoms with Gasteiger partial charge in [0.25, 0.3) is 0 Å². The maximum atomic E-state index is 12.2. The summed E-state index contributed by atoms with van der Waals surface area (Å²) in [7, 11) is 1.69. The van der Waals surface area contributed by atoms with Crippen LogP contribution in [-0.2, 0) is 11.2 Å². The van der Waals surface area contributed by atoms with E-state index in [0.717, 1.165) is 42.0 Å². The number of methoxy groups -OCH3 is 1. The fraction of sp³-hybridized carbons (Fsp3) is 0.353. The molecule has 2 aromatic rings. The second kappa shape index (κ2) is 4.38. The Hall–Kier alpha value is -2.23. The number of rotatable bonds is 1. The van der Waals surface area contributed by atoms with Gasteiger partial charge in [-0.3, -0.25) is 4.79 Å². The molecule has 0 atom stereocenters. The lowest BCUT2D eigenvalue weighted by Gasteiger charge is -2.34. The molecule has 0 unspecified atom stereocenters. The summed E-state index contributed by atoms with van der Waals surface area (Å²) in [5.41, 5.74) is 5.94. The van der Waals surface area contributed by atoms with E-state index in [1.54, 1.807) is 7.11 Å². The van der Waals surface area contributed by atoms with Crippen LogP contribution in [0.5, 0.6) is 5.75 Å². The molecule has 2 aliphatic heterocycles. The number of benzene rings is 1. The van der Waals surface area contributed by atoms with Gasteiger partial charge >= 0.3 is 0 Å². The summed E-state index contributed by atoms with van der Waals surface area (Å²) >= 11 is 0. The van der Waals surface area contributed by atoms with Crippen LogP contribution < -0.4 is 4.74 Å². The minimum atomic E-state index is 0.248. The van der Waals surface area contributed by atoms with Gasteiger partial charge in [-0.05, 0) is 49.1 Å². The zero-order chi connectivity index (χ0) is 14.6. The van der Waals surface area contributed by atoms with E-state index >= 15 is 0 Å². The van der Waals surface area contributed by atoms with Crippen molar-refractivity contribution in [3.05, 3.63) is 35.0 Å². The molecule has 0 bridgehead atoms. The first-order valence-corrected chi connectivity index (χ1v) is 7.38. The molecule has 0 spiro atoms. The van der Waals surface area contributed by atoms with E-state index in [4.69, 9.17) is 4.74 Å². The predicted molar refractivity (Wildman–Crippen MR) is 82.1 cm³/mol. The van der Waals surface area contributed by atoms with Gasteiger partial charge in [-0.15, -0.1) is 0 Å². The number of hydrogen-bond acceptors (Lipinski definition) is 2. The largest absolute Gasteiger partial charge is 0.497 e. The molecule has 0 radical (unpaired) electrons. The molecule has 0 saturated carbocycles. The molecule has 0 fully saturated rings. The molecule has 0 aliphatic carbocycles. The number of aromatic amines is 1. The fourth-order valence-electron chi connectivity index (χ4n) is 3.53. The van der Waals surface area contributed by atoms with Gasteiger partial charge < -0.3 is 14.6 Å². The van der Waals surface area contributed by atoms with Gasteiger partial charge in [0.05, 0.1) is 18.5 Å². The lowest BCUT2D eigenvalue weighted by molar-refractivity contribution is -0.128. The molecule has 0 saturated heterocycles. The second-order valence-electron chi connectivity index (χ2n) is 5.81. The van der Waals surface area contributed by atoms with Crippen LogP contribution in [0.25, 0.3) is 16.6 Å². The highest BCUT2D eigenvalue weighted by molar-refractivity contribution is 5.96. The molecule has 21 heavy (non-hydrogen) atoms. The third kappa shape index (κ3) is 1.71. The molecular formula is C17H18N2O2. The van der Waals surface area contributed by atoms with Crippen molar-refractivity contribution in [3.8, 4) is 5.75 Å². The fourth-order valence-corrected chi connectivity index (χ4v) is 3.53. The van der Waals surface area contributed by atoms with Crippen LogP contribution >= 0.6 is 0 Å². The molecule has 3 heterocycles. The number of carbonyl (C=O) groups is 1. The van der Waals surface area contributed by atoms with Crippen LogP contribution in [0.15, 0.2) is 23.8 Å². The quantitative estimate of drug-likeness (QED) is 0.873. The summed E-state index contributed by atoms with van der Waals surface area (Å²) in [6, 6.07) is 6.10. The Kier molecular flexibility index (Phi) is 2.61. The Morgan fingerprint density at radius 2 is 2.10 bits per heavy atom. The molecule has 4 nitrogen and oxygen atoms in total. The summed E-state index contributed by atoms with van der Waals surface area (Å²) in [5, 5.41) is 1.21. The van der Waals surface area contributed by atoms with Gasteiger partial charge in [-0.25, -0.2) is 0 Å². The first-order valence-electron chi connectivity index (χ1n) is 7.38. The van der Waals surface area contributed by atoms with Crippen molar-refractivity contribution in [2.75, 3.05) is 13.7 Å². The second-order valence-corrected chi connectivity index (χ2v) is 5.81. The lowest BCUT2D eigenvalue weighted by atomic mass is 9.93. The van der Waals surface area contributed by atoms with Crippen molar-refractivity contribution < 1.29 is 9.53 Å². The van der Waals surface area contributed by atoms with Crippen LogP contribution in [0.2, 0.25) is 0 Å². The number of nitrogens with zero attached hydrogens (tertiary/aromatic N) is 1. The smallest absolute Gasteiger partial charge is 0.227 e. The monoisotopic (exact) mass is 282 g/mol. The minimum Gasteiger partial charge on any atom is -0.497 e. The number of carbonyl (C=O) groups excluding carboxylic acids is 1. The minimum absolute atomic E-state index is 0.248. The molecule has 1 amide bonds. The third-order valence-corrected chi connectivity index (χ3v) is 4.62. The van der Waals surface area contributed by atoms with E-state index < -0.39 is 0 Å². The van der Waals surface area contributed by atoms with E-state index in [1.807, 2.05) is 11.0 Å². The molecule has 1 aromatic heterocycles. The van der Waals surface area contributed by atoms with Crippen molar-refractivity contribution >= 4 is 22.5 Å². The van der Waals surface area contributed by atoms with Gasteiger partial charge in [0.2, 0.25) is 5.91 Å². The van der Waals surface area contributed by atoms with Crippen LogP contribution in [0.3, 0.4) is 0 Å². The Morgan fingerprint density at radius 3 is 2.90 bits per heavy atom. The van der Waals surface area contributed by atoms with Crippen molar-refractivity contribution in [2.24, 2.45) is 0 Å². The molecule has 4 heteroatoms. The number of ether oxygens (including phenoxy) is 1. The number of fused-ring (bicyclic) bond motifs is 5. The first-order chi connectivity index (χ1) is 10.2. The third-order valence-electron chi connectivity index (χ3n) is 4.62. The summed E-state index contributed by atoms with van der Waals surface area (Å²) in [6.45, 7) is 2.92. The number of H-pyrrole nitrogens is 1. The summed E-state index contributed by atoms with van der Waals surface area (Å²) in [5.74, 6) is 1.12. The highest BCUT2D eigenvalue weighted by Crippen LogP contribution is 2.39. The van der Waals surface area contributed by atoms with Crippen molar-refractivity contribution in [2.45, 2.75) is 26.2 Å². The lowest BCUT2D eigenvalue weighted by Crippen LogP contribution is -2.37. The highest BCUT2D eigenvalue weighted by atomic mass is 16.5. The summed E-state index contributed by atoms with van der Waals surface area (Å²) in [6.07, 6.45) is 2.40. The Bertz CT molecular complexity index is 785. The van der Waals surface area contributed by atoms with Crippen molar-refractivity contribution in [1.82, 2.24) is 9.88 Å². The average Bonchev–Trinajstić information content (AvgIpc) is 2.88. The Balaban J connectivity index is 1.97. The van der Waals surface area contributed by atoms with E-state index in [1.165, 1.54) is 16.5 Å². The zero-order valence-corrected chi connectivity index (χ0v) is 12.3. The zero-order valence-electron chi connectivity index (χ0n) is 12.3. The number of nitrogens with one attached hydrogen (secondary N) is 1. The highest BCUT2D eigenvalue weighted by Gasteiger charge is 2.32. The predicted octanol–water partition coefficient (Wildman–Crippen LogP) is 3.09. The normalized spacial score (nSPS) is 18.0.